The quantitative estimate of drug-likeness (QED) is 0.174. The molecule has 0 aliphatic rings. The Bertz CT molecular complexity index is 1420. The van der Waals surface area contributed by atoms with Crippen molar-refractivity contribution in [3.8, 4) is 0 Å². The minimum atomic E-state index is -4.71. The average molecular weight is 556 g/mol. The first-order valence-electron chi connectivity index (χ1n) is 10.5. The largest absolute Gasteiger partial charge is 0.416 e. The average Bonchev–Trinajstić information content (AvgIpc) is 2.81. The lowest BCUT2D eigenvalue weighted by molar-refractivity contribution is -0.138. The van der Waals surface area contributed by atoms with Crippen LogP contribution in [0, 0.1) is 0 Å². The summed E-state index contributed by atoms with van der Waals surface area (Å²) in [5, 5.41) is 4.34. The molecule has 2 N–H and O–H groups in total. The van der Waals surface area contributed by atoms with E-state index in [0.717, 1.165) is 48.7 Å². The summed E-state index contributed by atoms with van der Waals surface area (Å²) in [6.45, 7) is 0. The molecule has 0 aliphatic carbocycles. The van der Waals surface area contributed by atoms with Gasteiger partial charge in [0.15, 0.2) is 9.84 Å². The lowest BCUT2D eigenvalue weighted by Gasteiger charge is -2.13. The van der Waals surface area contributed by atoms with E-state index in [1.54, 1.807) is 0 Å². The van der Waals surface area contributed by atoms with Crippen LogP contribution in [0.4, 0.5) is 37.7 Å². The Balaban J connectivity index is 1.98. The highest BCUT2D eigenvalue weighted by Crippen LogP contribution is 2.32. The molecule has 200 valence electrons. The third-order valence-corrected chi connectivity index (χ3v) is 6.13. The van der Waals surface area contributed by atoms with Gasteiger partial charge in [0.05, 0.1) is 16.0 Å². The van der Waals surface area contributed by atoms with E-state index in [-0.39, 0.29) is 21.8 Å². The van der Waals surface area contributed by atoms with Gasteiger partial charge < -0.3 is 10.6 Å². The minimum absolute atomic E-state index is 0.0574. The normalized spacial score (nSPS) is 12.0. The number of benzene rings is 3. The fourth-order valence-corrected chi connectivity index (χ4v) is 3.79. The van der Waals surface area contributed by atoms with Crippen molar-refractivity contribution < 1.29 is 44.3 Å². The molecule has 0 saturated carbocycles. The molecular weight excluding hydrogens is 538 g/mol. The van der Waals surface area contributed by atoms with Crippen LogP contribution in [0.15, 0.2) is 83.3 Å². The van der Waals surface area contributed by atoms with E-state index in [1.807, 2.05) is 0 Å². The summed E-state index contributed by atoms with van der Waals surface area (Å²) in [7, 11) is -3.56. The van der Waals surface area contributed by atoms with Crippen LogP contribution in [0.25, 0.3) is 6.08 Å². The van der Waals surface area contributed by atoms with Gasteiger partial charge in [-0.15, -0.1) is 0 Å². The van der Waals surface area contributed by atoms with Crippen LogP contribution in [0.3, 0.4) is 0 Å². The Kier molecular flexibility index (Phi) is 8.01. The molecule has 13 heteroatoms. The number of anilines is 2. The second-order valence-electron chi connectivity index (χ2n) is 7.96. The third-order valence-electron chi connectivity index (χ3n) is 5.00. The summed E-state index contributed by atoms with van der Waals surface area (Å²) in [6, 6.07) is 12.1. The third kappa shape index (κ3) is 7.44. The number of hydrogen-bond acceptors (Lipinski definition) is 4. The van der Waals surface area contributed by atoms with Crippen LogP contribution in [-0.2, 0) is 31.8 Å². The molecule has 2 amide bonds. The maximum absolute atomic E-state index is 13.0. The van der Waals surface area contributed by atoms with Crippen LogP contribution in [0.5, 0.6) is 0 Å². The van der Waals surface area contributed by atoms with Gasteiger partial charge in [0.25, 0.3) is 11.8 Å². The molecule has 0 fully saturated rings. The molecule has 6 nitrogen and oxygen atoms in total. The maximum atomic E-state index is 13.0. The lowest BCUT2D eigenvalue weighted by atomic mass is 10.1. The van der Waals surface area contributed by atoms with Crippen molar-refractivity contribution in [1.82, 2.24) is 0 Å². The Hall–Kier alpha value is -4.13. The molecule has 0 atom stereocenters. The topological polar surface area (TPSA) is 92.3 Å². The van der Waals surface area contributed by atoms with Crippen molar-refractivity contribution in [2.24, 2.45) is 0 Å². The van der Waals surface area contributed by atoms with E-state index in [9.17, 15) is 44.3 Å². The summed E-state index contributed by atoms with van der Waals surface area (Å²) in [5.74, 6) is -2.33. The molecule has 0 aromatic heterocycles. The van der Waals surface area contributed by atoms with Crippen LogP contribution in [0.2, 0.25) is 0 Å². The van der Waals surface area contributed by atoms with Gasteiger partial charge in [0.2, 0.25) is 0 Å². The summed E-state index contributed by atoms with van der Waals surface area (Å²) in [5.41, 5.74) is -3.24. The Morgan fingerprint density at radius 2 is 1.13 bits per heavy atom. The zero-order valence-electron chi connectivity index (χ0n) is 19.3. The monoisotopic (exact) mass is 556 g/mol. The van der Waals surface area contributed by atoms with E-state index in [2.05, 4.69) is 10.6 Å². The molecule has 0 spiro atoms. The zero-order chi connectivity index (χ0) is 28.3. The van der Waals surface area contributed by atoms with Gasteiger partial charge in [-0.05, 0) is 60.2 Å². The maximum Gasteiger partial charge on any atom is 0.416 e. The Morgan fingerprint density at radius 3 is 1.50 bits per heavy atom. The van der Waals surface area contributed by atoms with Gasteiger partial charge in [-0.3, -0.25) is 9.59 Å². The number of hydrogen-bond donors (Lipinski definition) is 2. The van der Waals surface area contributed by atoms with E-state index in [1.165, 1.54) is 24.3 Å². The number of halogens is 6. The molecular formula is C25H18F6N2O4S. The molecule has 3 aromatic rings. The fourth-order valence-electron chi connectivity index (χ4n) is 3.16. The molecule has 0 unspecified atom stereocenters. The van der Waals surface area contributed by atoms with Crippen LogP contribution >= 0.6 is 0 Å². The standard InChI is InChI=1S/C25H18F6N2O4S/c1-38(36,37)20-10-8-15(9-11-20)12-21(22(34)32-18-6-2-4-16(13-18)24(26,27)28)23(35)33-19-7-3-5-17(14-19)25(29,30)31/h2-14H,1H3,(H,32,34)(H,33,35). The van der Waals surface area contributed by atoms with Gasteiger partial charge in [0.1, 0.15) is 5.57 Å². The Morgan fingerprint density at radius 1 is 0.711 bits per heavy atom. The van der Waals surface area contributed by atoms with Crippen molar-refractivity contribution in [2.45, 2.75) is 17.2 Å². The summed E-state index contributed by atoms with van der Waals surface area (Å²) < 4.78 is 102. The SMILES string of the molecule is CS(=O)(=O)c1ccc(C=C(C(=O)Nc2cccc(C(F)(F)F)c2)C(=O)Nc2cccc(C(F)(F)F)c2)cc1. The van der Waals surface area contributed by atoms with Crippen molar-refractivity contribution in [1.29, 1.82) is 0 Å². The van der Waals surface area contributed by atoms with Crippen molar-refractivity contribution >= 4 is 39.1 Å². The second-order valence-corrected chi connectivity index (χ2v) is 9.98. The minimum Gasteiger partial charge on any atom is -0.322 e. The zero-order valence-corrected chi connectivity index (χ0v) is 20.1. The number of carbonyl (C=O) groups excluding carboxylic acids is 2. The molecule has 0 radical (unpaired) electrons. The predicted molar refractivity (Wildman–Crippen MR) is 128 cm³/mol. The van der Waals surface area contributed by atoms with Gasteiger partial charge in [0, 0.05) is 17.6 Å². The van der Waals surface area contributed by atoms with Crippen LogP contribution < -0.4 is 10.6 Å². The van der Waals surface area contributed by atoms with Gasteiger partial charge in [-0.1, -0.05) is 24.3 Å². The first-order chi connectivity index (χ1) is 17.5. The van der Waals surface area contributed by atoms with Gasteiger partial charge in [-0.2, -0.15) is 26.3 Å². The molecule has 3 rings (SSSR count). The van der Waals surface area contributed by atoms with Crippen molar-refractivity contribution in [3.05, 3.63) is 95.1 Å². The number of sulfone groups is 1. The number of alkyl halides is 6. The second kappa shape index (κ2) is 10.7. The molecule has 0 aliphatic heterocycles. The molecule has 38 heavy (non-hydrogen) atoms. The predicted octanol–water partition coefficient (Wildman–Crippen LogP) is 5.79. The first-order valence-corrected chi connectivity index (χ1v) is 12.4. The van der Waals surface area contributed by atoms with E-state index in [0.29, 0.717) is 12.1 Å². The van der Waals surface area contributed by atoms with Crippen molar-refractivity contribution in [2.75, 3.05) is 16.9 Å². The number of carbonyl (C=O) groups is 2. The van der Waals surface area contributed by atoms with Gasteiger partial charge >= 0.3 is 12.4 Å². The van der Waals surface area contributed by atoms with Crippen LogP contribution in [0.1, 0.15) is 16.7 Å². The van der Waals surface area contributed by atoms with Crippen molar-refractivity contribution in [3.63, 3.8) is 0 Å². The van der Waals surface area contributed by atoms with E-state index < -0.39 is 50.7 Å². The highest BCUT2D eigenvalue weighted by Gasteiger charge is 2.32. The summed E-state index contributed by atoms with van der Waals surface area (Å²) in [6.07, 6.45) is -7.43. The van der Waals surface area contributed by atoms with E-state index >= 15 is 0 Å². The highest BCUT2D eigenvalue weighted by atomic mass is 32.2. The lowest BCUT2D eigenvalue weighted by Crippen LogP contribution is -2.25. The highest BCUT2D eigenvalue weighted by molar-refractivity contribution is 7.90. The molecule has 0 heterocycles. The fraction of sp³-hybridized carbons (Fsp3) is 0.120. The summed E-state index contributed by atoms with van der Waals surface area (Å²) in [4.78, 5) is 25.9. The van der Waals surface area contributed by atoms with E-state index in [4.69, 9.17) is 0 Å². The number of amides is 2. The number of rotatable bonds is 6. The molecule has 3 aromatic carbocycles. The smallest absolute Gasteiger partial charge is 0.322 e. The van der Waals surface area contributed by atoms with Crippen LogP contribution in [-0.4, -0.2) is 26.5 Å². The summed E-state index contributed by atoms with van der Waals surface area (Å²) >= 11 is 0. The number of nitrogens with one attached hydrogen (secondary N) is 2. The molecule has 0 saturated heterocycles. The first kappa shape index (κ1) is 28.4. The Labute approximate surface area is 212 Å². The molecule has 0 bridgehead atoms. The van der Waals surface area contributed by atoms with Gasteiger partial charge in [-0.25, -0.2) is 8.42 Å².